The summed E-state index contributed by atoms with van der Waals surface area (Å²) in [4.78, 5) is 3.97. The number of ether oxygens (including phenoxy) is 1. The molecule has 0 radical (unpaired) electrons. The molecule has 0 amide bonds. The summed E-state index contributed by atoms with van der Waals surface area (Å²) in [6, 6.07) is 2.00. The van der Waals surface area contributed by atoms with E-state index in [9.17, 15) is 0 Å². The summed E-state index contributed by atoms with van der Waals surface area (Å²) in [5.74, 6) is 0.503. The first-order valence-corrected chi connectivity index (χ1v) is 5.51. The molecule has 1 atom stereocenters. The first kappa shape index (κ1) is 11.8. The Morgan fingerprint density at radius 1 is 1.71 bits per heavy atom. The lowest BCUT2D eigenvalue weighted by molar-refractivity contribution is 0.191. The zero-order valence-corrected chi connectivity index (χ0v) is 10.2. The molecule has 0 bridgehead atoms. The Morgan fingerprint density at radius 2 is 2.50 bits per heavy atom. The van der Waals surface area contributed by atoms with Gasteiger partial charge in [-0.3, -0.25) is 4.98 Å². The average Bonchev–Trinajstić information content (AvgIpc) is 2.20. The minimum Gasteiger partial charge on any atom is -0.383 e. The SMILES string of the molecule is COCC(CCl)Nc1ccncc1Br. The predicted molar refractivity (Wildman–Crippen MR) is 61.9 cm³/mol. The maximum atomic E-state index is 5.78. The van der Waals surface area contributed by atoms with Crippen LogP contribution in [0.15, 0.2) is 22.9 Å². The van der Waals surface area contributed by atoms with Gasteiger partial charge in [-0.05, 0) is 22.0 Å². The van der Waals surface area contributed by atoms with Gasteiger partial charge in [-0.15, -0.1) is 11.6 Å². The van der Waals surface area contributed by atoms with Crippen LogP contribution in [0.3, 0.4) is 0 Å². The second kappa shape index (κ2) is 6.22. The summed E-state index contributed by atoms with van der Waals surface area (Å²) in [6.45, 7) is 0.582. The fourth-order valence-electron chi connectivity index (χ4n) is 1.04. The highest BCUT2D eigenvalue weighted by atomic mass is 79.9. The van der Waals surface area contributed by atoms with Gasteiger partial charge in [-0.1, -0.05) is 0 Å². The van der Waals surface area contributed by atoms with E-state index in [2.05, 4.69) is 26.2 Å². The molecule has 0 aliphatic carbocycles. The van der Waals surface area contributed by atoms with Crippen molar-refractivity contribution in [3.8, 4) is 0 Å². The maximum Gasteiger partial charge on any atom is 0.0675 e. The molecule has 5 heteroatoms. The molecular weight excluding hydrogens is 267 g/mol. The second-order valence-corrected chi connectivity index (χ2v) is 3.97. The summed E-state index contributed by atoms with van der Waals surface area (Å²) in [5.41, 5.74) is 0.975. The van der Waals surface area contributed by atoms with Gasteiger partial charge in [0.15, 0.2) is 0 Å². The Kier molecular flexibility index (Phi) is 5.22. The maximum absolute atomic E-state index is 5.78. The largest absolute Gasteiger partial charge is 0.383 e. The van der Waals surface area contributed by atoms with Crippen molar-refractivity contribution in [2.24, 2.45) is 0 Å². The van der Waals surface area contributed by atoms with Crippen molar-refractivity contribution in [3.05, 3.63) is 22.9 Å². The highest BCUT2D eigenvalue weighted by Crippen LogP contribution is 2.20. The van der Waals surface area contributed by atoms with E-state index in [0.29, 0.717) is 12.5 Å². The van der Waals surface area contributed by atoms with Crippen LogP contribution in [0, 0.1) is 0 Å². The van der Waals surface area contributed by atoms with E-state index in [1.807, 2.05) is 6.07 Å². The van der Waals surface area contributed by atoms with Crippen LogP contribution in [-0.2, 0) is 4.74 Å². The van der Waals surface area contributed by atoms with Crippen LogP contribution < -0.4 is 5.32 Å². The summed E-state index contributed by atoms with van der Waals surface area (Å²) in [7, 11) is 1.66. The van der Waals surface area contributed by atoms with Crippen molar-refractivity contribution in [1.82, 2.24) is 4.98 Å². The molecule has 0 fully saturated rings. The van der Waals surface area contributed by atoms with Crippen molar-refractivity contribution in [2.75, 3.05) is 24.9 Å². The van der Waals surface area contributed by atoms with Crippen LogP contribution in [-0.4, -0.2) is 30.6 Å². The summed E-state index contributed by atoms with van der Waals surface area (Å²) in [5, 5.41) is 3.25. The molecule has 0 saturated carbocycles. The second-order valence-electron chi connectivity index (χ2n) is 2.81. The quantitative estimate of drug-likeness (QED) is 0.841. The van der Waals surface area contributed by atoms with Crippen LogP contribution in [0.2, 0.25) is 0 Å². The molecule has 0 aromatic carbocycles. The molecule has 1 aromatic heterocycles. The lowest BCUT2D eigenvalue weighted by atomic mass is 10.3. The van der Waals surface area contributed by atoms with E-state index in [-0.39, 0.29) is 6.04 Å². The molecule has 14 heavy (non-hydrogen) atoms. The minimum atomic E-state index is 0.111. The topological polar surface area (TPSA) is 34.1 Å². The van der Waals surface area contributed by atoms with E-state index in [4.69, 9.17) is 16.3 Å². The van der Waals surface area contributed by atoms with Crippen molar-refractivity contribution in [2.45, 2.75) is 6.04 Å². The van der Waals surface area contributed by atoms with E-state index >= 15 is 0 Å². The van der Waals surface area contributed by atoms with Gasteiger partial charge in [0.05, 0.1) is 22.8 Å². The van der Waals surface area contributed by atoms with Gasteiger partial charge in [0.1, 0.15) is 0 Å². The van der Waals surface area contributed by atoms with Gasteiger partial charge in [0.2, 0.25) is 0 Å². The monoisotopic (exact) mass is 278 g/mol. The molecule has 0 spiro atoms. The Labute approximate surface area is 96.9 Å². The van der Waals surface area contributed by atoms with Gasteiger partial charge >= 0.3 is 0 Å². The Bertz CT molecular complexity index is 285. The number of pyridine rings is 1. The number of anilines is 1. The molecule has 1 aromatic rings. The van der Waals surface area contributed by atoms with Crippen molar-refractivity contribution in [3.63, 3.8) is 0 Å². The van der Waals surface area contributed by atoms with Crippen LogP contribution in [0.1, 0.15) is 0 Å². The van der Waals surface area contributed by atoms with Crippen LogP contribution >= 0.6 is 27.5 Å². The molecule has 1 heterocycles. The first-order chi connectivity index (χ1) is 6.77. The minimum absolute atomic E-state index is 0.111. The molecule has 78 valence electrons. The number of hydrogen-bond donors (Lipinski definition) is 1. The Hall–Kier alpha value is -0.320. The normalized spacial score (nSPS) is 12.5. The average molecular weight is 280 g/mol. The third-order valence-electron chi connectivity index (χ3n) is 1.69. The number of aromatic nitrogens is 1. The number of rotatable bonds is 5. The molecule has 1 unspecified atom stereocenters. The predicted octanol–water partition coefficient (Wildman–Crippen LogP) is 2.51. The molecular formula is C9H12BrClN2O. The molecule has 1 rings (SSSR count). The van der Waals surface area contributed by atoms with Crippen molar-refractivity contribution < 1.29 is 4.74 Å². The highest BCUT2D eigenvalue weighted by molar-refractivity contribution is 9.10. The zero-order valence-electron chi connectivity index (χ0n) is 7.84. The van der Waals surface area contributed by atoms with Crippen molar-refractivity contribution in [1.29, 1.82) is 0 Å². The van der Waals surface area contributed by atoms with Crippen molar-refractivity contribution >= 4 is 33.2 Å². The molecule has 0 aliphatic heterocycles. The van der Waals surface area contributed by atoms with Gasteiger partial charge in [0.25, 0.3) is 0 Å². The number of methoxy groups -OCH3 is 1. The van der Waals surface area contributed by atoms with E-state index in [1.165, 1.54) is 0 Å². The molecule has 3 nitrogen and oxygen atoms in total. The fourth-order valence-corrected chi connectivity index (χ4v) is 1.57. The standard InChI is InChI=1S/C9H12BrClN2O/c1-14-6-7(4-11)13-9-2-3-12-5-8(9)10/h2-3,5,7H,4,6H2,1H3,(H,12,13). The van der Waals surface area contributed by atoms with Crippen LogP contribution in [0.5, 0.6) is 0 Å². The number of nitrogens with zero attached hydrogens (tertiary/aromatic N) is 1. The van der Waals surface area contributed by atoms with E-state index < -0.39 is 0 Å². The third-order valence-corrected chi connectivity index (χ3v) is 2.69. The lowest BCUT2D eigenvalue weighted by Crippen LogP contribution is -2.26. The molecule has 0 aliphatic rings. The number of alkyl halides is 1. The summed E-state index contributed by atoms with van der Waals surface area (Å²) >= 11 is 9.17. The molecule has 1 N–H and O–H groups in total. The van der Waals surface area contributed by atoms with E-state index in [0.717, 1.165) is 10.2 Å². The Morgan fingerprint density at radius 3 is 3.07 bits per heavy atom. The lowest BCUT2D eigenvalue weighted by Gasteiger charge is -2.16. The smallest absolute Gasteiger partial charge is 0.0675 e. The molecule has 0 saturated heterocycles. The highest BCUT2D eigenvalue weighted by Gasteiger charge is 2.08. The van der Waals surface area contributed by atoms with E-state index in [1.54, 1.807) is 19.5 Å². The fraction of sp³-hybridized carbons (Fsp3) is 0.444. The summed E-state index contributed by atoms with van der Waals surface area (Å²) in [6.07, 6.45) is 3.46. The van der Waals surface area contributed by atoms with Gasteiger partial charge in [0, 0.05) is 25.4 Å². The number of halogens is 2. The van der Waals surface area contributed by atoms with Crippen LogP contribution in [0.4, 0.5) is 5.69 Å². The number of hydrogen-bond acceptors (Lipinski definition) is 3. The van der Waals surface area contributed by atoms with Gasteiger partial charge < -0.3 is 10.1 Å². The van der Waals surface area contributed by atoms with Gasteiger partial charge in [-0.2, -0.15) is 0 Å². The zero-order chi connectivity index (χ0) is 10.4. The first-order valence-electron chi connectivity index (χ1n) is 4.19. The third kappa shape index (κ3) is 3.44. The van der Waals surface area contributed by atoms with Crippen LogP contribution in [0.25, 0.3) is 0 Å². The summed E-state index contributed by atoms with van der Waals surface area (Å²) < 4.78 is 5.95. The number of nitrogens with one attached hydrogen (secondary N) is 1. The van der Waals surface area contributed by atoms with Gasteiger partial charge in [-0.25, -0.2) is 0 Å². The Balaban J connectivity index is 2.62.